The third-order valence-electron chi connectivity index (χ3n) is 4.60. The van der Waals surface area contributed by atoms with E-state index in [9.17, 15) is 13.2 Å². The Bertz CT molecular complexity index is 630. The fourth-order valence-corrected chi connectivity index (χ4v) is 5.43. The molecule has 2 N–H and O–H groups in total. The first-order chi connectivity index (χ1) is 10.0. The second kappa shape index (κ2) is 5.92. The molecule has 2 aliphatic rings. The maximum atomic E-state index is 12.5. The summed E-state index contributed by atoms with van der Waals surface area (Å²) in [5.74, 6) is 1.15. The number of nitrogens with one attached hydrogen (secondary N) is 2. The Balaban J connectivity index is 1.68. The van der Waals surface area contributed by atoms with E-state index in [1.54, 1.807) is 4.31 Å². The molecule has 21 heavy (non-hydrogen) atoms. The Kier molecular flexibility index (Phi) is 4.17. The molecule has 8 heteroatoms. The van der Waals surface area contributed by atoms with E-state index in [-0.39, 0.29) is 17.4 Å². The van der Waals surface area contributed by atoms with Gasteiger partial charge in [0.15, 0.2) is 0 Å². The van der Waals surface area contributed by atoms with Gasteiger partial charge in [-0.3, -0.25) is 4.98 Å². The second-order valence-corrected chi connectivity index (χ2v) is 8.20. The minimum absolute atomic E-state index is 0.0175. The number of H-pyrrole nitrogens is 2. The van der Waals surface area contributed by atoms with Crippen LogP contribution in [-0.2, 0) is 10.0 Å². The van der Waals surface area contributed by atoms with Crippen LogP contribution in [0.1, 0.15) is 50.3 Å². The molecule has 0 spiro atoms. The van der Waals surface area contributed by atoms with Crippen molar-refractivity contribution in [2.45, 2.75) is 44.4 Å². The van der Waals surface area contributed by atoms with Gasteiger partial charge in [0.1, 0.15) is 5.82 Å². The van der Waals surface area contributed by atoms with E-state index in [1.807, 2.05) is 0 Å². The quantitative estimate of drug-likeness (QED) is 0.858. The summed E-state index contributed by atoms with van der Waals surface area (Å²) in [7, 11) is -3.20. The molecule has 0 radical (unpaired) electrons. The topological polar surface area (TPSA) is 98.9 Å². The van der Waals surface area contributed by atoms with Crippen molar-refractivity contribution in [1.29, 1.82) is 0 Å². The van der Waals surface area contributed by atoms with Gasteiger partial charge in [0, 0.05) is 19.0 Å². The molecule has 0 bridgehead atoms. The Morgan fingerprint density at radius 1 is 1.19 bits per heavy atom. The van der Waals surface area contributed by atoms with Gasteiger partial charge in [0.25, 0.3) is 0 Å². The van der Waals surface area contributed by atoms with E-state index in [4.69, 9.17) is 0 Å². The number of rotatable bonds is 4. The van der Waals surface area contributed by atoms with Crippen LogP contribution in [0.5, 0.6) is 0 Å². The minimum atomic E-state index is -3.20. The highest BCUT2D eigenvalue weighted by molar-refractivity contribution is 7.89. The lowest BCUT2D eigenvalue weighted by Crippen LogP contribution is -2.41. The summed E-state index contributed by atoms with van der Waals surface area (Å²) in [5, 5.41) is 6.29. The summed E-state index contributed by atoms with van der Waals surface area (Å²) >= 11 is 0. The normalized spacial score (nSPS) is 25.4. The summed E-state index contributed by atoms with van der Waals surface area (Å²) in [6.45, 7) is 1.01. The number of aromatic nitrogens is 3. The van der Waals surface area contributed by atoms with Crippen LogP contribution >= 0.6 is 0 Å². The molecule has 7 nitrogen and oxygen atoms in total. The fourth-order valence-electron chi connectivity index (χ4n) is 3.48. The van der Waals surface area contributed by atoms with Crippen LogP contribution in [0, 0.1) is 5.92 Å². The van der Waals surface area contributed by atoms with Gasteiger partial charge >= 0.3 is 5.69 Å². The molecule has 1 unspecified atom stereocenters. The van der Waals surface area contributed by atoms with Crippen molar-refractivity contribution < 1.29 is 8.42 Å². The summed E-state index contributed by atoms with van der Waals surface area (Å²) in [4.78, 5) is 13.8. The van der Waals surface area contributed by atoms with Gasteiger partial charge in [-0.1, -0.05) is 12.8 Å². The predicted octanol–water partition coefficient (Wildman–Crippen LogP) is 0.797. The average Bonchev–Trinajstić information content (AvgIpc) is 3.10. The van der Waals surface area contributed by atoms with Crippen LogP contribution in [0.3, 0.4) is 0 Å². The summed E-state index contributed by atoms with van der Waals surface area (Å²) in [6.07, 6.45) is 6.03. The van der Waals surface area contributed by atoms with Gasteiger partial charge < -0.3 is 0 Å². The molecule has 1 saturated heterocycles. The first-order valence-electron chi connectivity index (χ1n) is 7.67. The number of hydrogen-bond acceptors (Lipinski definition) is 4. The standard InChI is InChI=1S/C13H22N4O3S/c18-13-14-12(15-16-13)11-6-3-7-17(8-11)21(19,20)9-10-4-1-2-5-10/h10-11H,1-9H2,(H2,14,15,16,18). The largest absolute Gasteiger partial charge is 0.340 e. The molecule has 0 aromatic carbocycles. The second-order valence-electron chi connectivity index (χ2n) is 6.19. The zero-order valence-electron chi connectivity index (χ0n) is 12.0. The number of hydrogen-bond donors (Lipinski definition) is 2. The highest BCUT2D eigenvalue weighted by Gasteiger charge is 2.33. The van der Waals surface area contributed by atoms with Gasteiger partial charge in [0.2, 0.25) is 10.0 Å². The Labute approximate surface area is 124 Å². The highest BCUT2D eigenvalue weighted by atomic mass is 32.2. The first-order valence-corrected chi connectivity index (χ1v) is 9.28. The van der Waals surface area contributed by atoms with Crippen LogP contribution in [0.4, 0.5) is 0 Å². The minimum Gasteiger partial charge on any atom is -0.293 e. The van der Waals surface area contributed by atoms with Gasteiger partial charge in [-0.2, -0.15) is 5.10 Å². The first kappa shape index (κ1) is 14.8. The Morgan fingerprint density at radius 3 is 2.62 bits per heavy atom. The van der Waals surface area contributed by atoms with Crippen molar-refractivity contribution >= 4 is 10.0 Å². The monoisotopic (exact) mass is 314 g/mol. The molecular formula is C13H22N4O3S. The molecule has 118 valence electrons. The van der Waals surface area contributed by atoms with Crippen molar-refractivity contribution in [1.82, 2.24) is 19.5 Å². The van der Waals surface area contributed by atoms with Crippen molar-refractivity contribution in [2.24, 2.45) is 5.92 Å². The molecular weight excluding hydrogens is 292 g/mol. The highest BCUT2D eigenvalue weighted by Crippen LogP contribution is 2.30. The molecule has 1 saturated carbocycles. The van der Waals surface area contributed by atoms with E-state index >= 15 is 0 Å². The number of nitrogens with zero attached hydrogens (tertiary/aromatic N) is 2. The zero-order valence-corrected chi connectivity index (χ0v) is 12.9. The van der Waals surface area contributed by atoms with E-state index in [2.05, 4.69) is 15.2 Å². The van der Waals surface area contributed by atoms with Crippen LogP contribution in [0.2, 0.25) is 0 Å². The molecule has 1 atom stereocenters. The lowest BCUT2D eigenvalue weighted by molar-refractivity contribution is 0.307. The van der Waals surface area contributed by atoms with Gasteiger partial charge in [0.05, 0.1) is 5.75 Å². The number of sulfonamides is 1. The summed E-state index contributed by atoms with van der Waals surface area (Å²) in [5.41, 5.74) is -0.337. The van der Waals surface area contributed by atoms with Crippen LogP contribution in [-0.4, -0.2) is 46.7 Å². The van der Waals surface area contributed by atoms with Crippen molar-refractivity contribution in [3.8, 4) is 0 Å². The maximum absolute atomic E-state index is 12.5. The van der Waals surface area contributed by atoms with E-state index in [0.29, 0.717) is 24.8 Å². The molecule has 2 fully saturated rings. The maximum Gasteiger partial charge on any atom is 0.340 e. The van der Waals surface area contributed by atoms with Crippen molar-refractivity contribution in [2.75, 3.05) is 18.8 Å². The molecule has 0 amide bonds. The van der Waals surface area contributed by atoms with Crippen molar-refractivity contribution in [3.63, 3.8) is 0 Å². The predicted molar refractivity (Wildman–Crippen MR) is 78.5 cm³/mol. The van der Waals surface area contributed by atoms with Crippen LogP contribution in [0.25, 0.3) is 0 Å². The lowest BCUT2D eigenvalue weighted by atomic mass is 9.99. The fraction of sp³-hybridized carbons (Fsp3) is 0.846. The molecule has 2 heterocycles. The summed E-state index contributed by atoms with van der Waals surface area (Å²) < 4.78 is 26.7. The Morgan fingerprint density at radius 2 is 1.95 bits per heavy atom. The van der Waals surface area contributed by atoms with Crippen LogP contribution in [0.15, 0.2) is 4.79 Å². The third kappa shape index (κ3) is 3.37. The lowest BCUT2D eigenvalue weighted by Gasteiger charge is -2.31. The average molecular weight is 314 g/mol. The Hall–Kier alpha value is -1.15. The molecule has 1 aromatic rings. The smallest absolute Gasteiger partial charge is 0.293 e. The number of piperidine rings is 1. The van der Waals surface area contributed by atoms with Gasteiger partial charge in [-0.15, -0.1) is 0 Å². The molecule has 1 aromatic heterocycles. The van der Waals surface area contributed by atoms with E-state index in [0.717, 1.165) is 38.5 Å². The summed E-state index contributed by atoms with van der Waals surface area (Å²) in [6, 6.07) is 0. The van der Waals surface area contributed by atoms with E-state index in [1.165, 1.54) is 0 Å². The third-order valence-corrected chi connectivity index (χ3v) is 6.62. The number of aromatic amines is 2. The van der Waals surface area contributed by atoms with Gasteiger partial charge in [-0.05, 0) is 31.6 Å². The van der Waals surface area contributed by atoms with Gasteiger partial charge in [-0.25, -0.2) is 22.6 Å². The molecule has 1 aliphatic carbocycles. The molecule has 1 aliphatic heterocycles. The van der Waals surface area contributed by atoms with E-state index < -0.39 is 10.0 Å². The zero-order chi connectivity index (χ0) is 14.9. The SMILES string of the molecule is O=c1[nH]nc(C2CCCN(S(=O)(=O)CC3CCCC3)C2)[nH]1. The van der Waals surface area contributed by atoms with Crippen molar-refractivity contribution in [3.05, 3.63) is 16.3 Å². The molecule has 3 rings (SSSR count). The van der Waals surface area contributed by atoms with Crippen LogP contribution < -0.4 is 5.69 Å².